The summed E-state index contributed by atoms with van der Waals surface area (Å²) in [4.78, 5) is 16.9. The second-order valence-electron chi connectivity index (χ2n) is 7.73. The molecule has 2 saturated heterocycles. The molecule has 132 valence electrons. The van der Waals surface area contributed by atoms with Crippen LogP contribution in [0.4, 0.5) is 0 Å². The zero-order valence-corrected chi connectivity index (χ0v) is 14.8. The van der Waals surface area contributed by atoms with Crippen molar-refractivity contribution in [2.75, 3.05) is 19.6 Å². The van der Waals surface area contributed by atoms with E-state index in [1.165, 1.54) is 5.56 Å². The molecule has 3 fully saturated rings. The first-order valence-corrected chi connectivity index (χ1v) is 9.28. The maximum atomic E-state index is 12.4. The fourth-order valence-corrected chi connectivity index (χ4v) is 4.12. The van der Waals surface area contributed by atoms with E-state index in [4.69, 9.17) is 10.00 Å². The molecule has 4 rings (SSSR count). The molecule has 0 aromatic heterocycles. The van der Waals surface area contributed by atoms with Gasteiger partial charge in [-0.1, -0.05) is 12.1 Å². The number of piperidine rings is 1. The first-order valence-electron chi connectivity index (χ1n) is 9.28. The molecule has 1 aromatic rings. The van der Waals surface area contributed by atoms with Gasteiger partial charge in [-0.2, -0.15) is 5.26 Å². The maximum absolute atomic E-state index is 12.4. The molecule has 1 atom stereocenters. The number of rotatable bonds is 3. The molecule has 1 saturated carbocycles. The number of carbonyl (C=O) groups excluding carboxylic acids is 1. The summed E-state index contributed by atoms with van der Waals surface area (Å²) in [5, 5.41) is 8.89. The van der Waals surface area contributed by atoms with Crippen LogP contribution in [0, 0.1) is 11.3 Å². The molecule has 3 aliphatic rings. The maximum Gasteiger partial charge on any atom is 0.251 e. The topological polar surface area (TPSA) is 56.6 Å². The standard InChI is InChI=1S/C20H25N3O2/c1-15-19(24)23(18-6-7-18)14-20(25-15)8-10-22(11-9-20)13-17-4-2-16(12-21)3-5-17/h2-5,15,18H,6-11,13-14H2,1H3/t15-/m0/s1. The van der Waals surface area contributed by atoms with E-state index in [0.29, 0.717) is 11.6 Å². The van der Waals surface area contributed by atoms with Crippen molar-refractivity contribution < 1.29 is 9.53 Å². The van der Waals surface area contributed by atoms with Crippen LogP contribution < -0.4 is 0 Å². The number of nitrogens with zero attached hydrogens (tertiary/aromatic N) is 3. The number of carbonyl (C=O) groups is 1. The number of hydrogen-bond acceptors (Lipinski definition) is 4. The quantitative estimate of drug-likeness (QED) is 0.848. The van der Waals surface area contributed by atoms with Gasteiger partial charge in [0, 0.05) is 25.7 Å². The summed E-state index contributed by atoms with van der Waals surface area (Å²) in [5.74, 6) is 0.174. The minimum Gasteiger partial charge on any atom is -0.360 e. The Bertz CT molecular complexity index is 682. The van der Waals surface area contributed by atoms with Crippen molar-refractivity contribution in [3.05, 3.63) is 35.4 Å². The SMILES string of the molecule is C[C@@H]1OC2(CCN(Cc3ccc(C#N)cc3)CC2)CN(C2CC2)C1=O. The van der Waals surface area contributed by atoms with Crippen LogP contribution in [0.2, 0.25) is 0 Å². The molecule has 5 nitrogen and oxygen atoms in total. The van der Waals surface area contributed by atoms with E-state index in [9.17, 15) is 4.79 Å². The lowest BCUT2D eigenvalue weighted by molar-refractivity contribution is -0.191. The van der Waals surface area contributed by atoms with E-state index < -0.39 is 0 Å². The number of nitriles is 1. The highest BCUT2D eigenvalue weighted by Crippen LogP contribution is 2.38. The fraction of sp³-hybridized carbons (Fsp3) is 0.600. The van der Waals surface area contributed by atoms with Gasteiger partial charge in [0.1, 0.15) is 6.10 Å². The molecule has 0 bridgehead atoms. The van der Waals surface area contributed by atoms with Crippen LogP contribution in [0.15, 0.2) is 24.3 Å². The summed E-state index contributed by atoms with van der Waals surface area (Å²) < 4.78 is 6.21. The molecule has 25 heavy (non-hydrogen) atoms. The zero-order chi connectivity index (χ0) is 17.4. The predicted molar refractivity (Wildman–Crippen MR) is 93.7 cm³/mol. The van der Waals surface area contributed by atoms with E-state index in [2.05, 4.69) is 15.9 Å². The van der Waals surface area contributed by atoms with Crippen LogP contribution in [-0.4, -0.2) is 53.1 Å². The van der Waals surface area contributed by atoms with Crippen LogP contribution in [0.1, 0.15) is 43.7 Å². The van der Waals surface area contributed by atoms with Gasteiger partial charge in [-0.15, -0.1) is 0 Å². The van der Waals surface area contributed by atoms with Gasteiger partial charge in [0.05, 0.1) is 23.8 Å². The highest BCUT2D eigenvalue weighted by atomic mass is 16.5. The molecule has 2 aliphatic heterocycles. The van der Waals surface area contributed by atoms with Crippen molar-refractivity contribution in [1.82, 2.24) is 9.80 Å². The first kappa shape index (κ1) is 16.6. The third kappa shape index (κ3) is 3.42. The Kier molecular flexibility index (Phi) is 4.26. The monoisotopic (exact) mass is 339 g/mol. The summed E-state index contributed by atoms with van der Waals surface area (Å²) in [6.07, 6.45) is 3.95. The Hall–Kier alpha value is -1.90. The fourth-order valence-electron chi connectivity index (χ4n) is 4.12. The van der Waals surface area contributed by atoms with Gasteiger partial charge in [0.2, 0.25) is 0 Å². The molecule has 5 heteroatoms. The molecule has 2 heterocycles. The summed E-state index contributed by atoms with van der Waals surface area (Å²) in [7, 11) is 0. The van der Waals surface area contributed by atoms with Crippen molar-refractivity contribution >= 4 is 5.91 Å². The number of amides is 1. The van der Waals surface area contributed by atoms with E-state index in [1.807, 2.05) is 31.2 Å². The normalized spacial score (nSPS) is 26.6. The lowest BCUT2D eigenvalue weighted by Gasteiger charge is -2.49. The smallest absolute Gasteiger partial charge is 0.251 e. The van der Waals surface area contributed by atoms with Gasteiger partial charge in [0.15, 0.2) is 0 Å². The Balaban J connectivity index is 1.37. The summed E-state index contributed by atoms with van der Waals surface area (Å²) in [5.41, 5.74) is 1.79. The first-order chi connectivity index (χ1) is 12.1. The number of morpholine rings is 1. The van der Waals surface area contributed by atoms with Crippen molar-refractivity contribution in [1.29, 1.82) is 5.26 Å². The molecular weight excluding hydrogens is 314 g/mol. The Morgan fingerprint density at radius 1 is 1.24 bits per heavy atom. The van der Waals surface area contributed by atoms with Gasteiger partial charge in [-0.3, -0.25) is 9.69 Å². The molecular formula is C20H25N3O2. The second kappa shape index (κ2) is 6.44. The number of benzene rings is 1. The van der Waals surface area contributed by atoms with Crippen LogP contribution in [-0.2, 0) is 16.1 Å². The predicted octanol–water partition coefficient (Wildman–Crippen LogP) is 2.30. The average Bonchev–Trinajstić information content (AvgIpc) is 3.46. The van der Waals surface area contributed by atoms with Crippen molar-refractivity contribution in [2.24, 2.45) is 0 Å². The third-order valence-electron chi connectivity index (χ3n) is 5.76. The van der Waals surface area contributed by atoms with Gasteiger partial charge >= 0.3 is 0 Å². The van der Waals surface area contributed by atoms with Gasteiger partial charge in [-0.05, 0) is 50.3 Å². The minimum atomic E-state index is -0.306. The van der Waals surface area contributed by atoms with Crippen LogP contribution in [0.25, 0.3) is 0 Å². The number of likely N-dealkylation sites (tertiary alicyclic amines) is 1. The molecule has 0 N–H and O–H groups in total. The van der Waals surface area contributed by atoms with Crippen LogP contribution in [0.3, 0.4) is 0 Å². The lowest BCUT2D eigenvalue weighted by atomic mass is 9.88. The second-order valence-corrected chi connectivity index (χ2v) is 7.73. The Morgan fingerprint density at radius 3 is 2.52 bits per heavy atom. The van der Waals surface area contributed by atoms with Gasteiger partial charge in [-0.25, -0.2) is 0 Å². The average molecular weight is 339 g/mol. The highest BCUT2D eigenvalue weighted by Gasteiger charge is 2.48. The number of hydrogen-bond donors (Lipinski definition) is 0. The van der Waals surface area contributed by atoms with Gasteiger partial charge in [0.25, 0.3) is 5.91 Å². The Morgan fingerprint density at radius 2 is 1.92 bits per heavy atom. The molecule has 1 aliphatic carbocycles. The summed E-state index contributed by atoms with van der Waals surface area (Å²) in [6.45, 7) is 5.55. The zero-order valence-electron chi connectivity index (χ0n) is 14.8. The molecule has 1 aromatic carbocycles. The van der Waals surface area contributed by atoms with Crippen molar-refractivity contribution in [3.63, 3.8) is 0 Å². The molecule has 1 amide bonds. The van der Waals surface area contributed by atoms with Crippen LogP contribution >= 0.6 is 0 Å². The van der Waals surface area contributed by atoms with E-state index in [0.717, 1.165) is 51.9 Å². The Labute approximate surface area is 149 Å². The van der Waals surface area contributed by atoms with E-state index in [1.54, 1.807) is 0 Å². The van der Waals surface area contributed by atoms with E-state index >= 15 is 0 Å². The van der Waals surface area contributed by atoms with Crippen molar-refractivity contribution in [2.45, 2.75) is 56.9 Å². The molecule has 0 unspecified atom stereocenters. The summed E-state index contributed by atoms with van der Waals surface area (Å²) in [6, 6.07) is 10.5. The largest absolute Gasteiger partial charge is 0.360 e. The molecule has 1 spiro atoms. The lowest BCUT2D eigenvalue weighted by Crippen LogP contribution is -2.61. The van der Waals surface area contributed by atoms with E-state index in [-0.39, 0.29) is 17.6 Å². The molecule has 0 radical (unpaired) electrons. The van der Waals surface area contributed by atoms with Crippen LogP contribution in [0.5, 0.6) is 0 Å². The number of ether oxygens (including phenoxy) is 1. The third-order valence-corrected chi connectivity index (χ3v) is 5.76. The van der Waals surface area contributed by atoms with Crippen molar-refractivity contribution in [3.8, 4) is 6.07 Å². The highest BCUT2D eigenvalue weighted by molar-refractivity contribution is 5.82. The minimum absolute atomic E-state index is 0.156. The van der Waals surface area contributed by atoms with Gasteiger partial charge < -0.3 is 9.64 Å². The summed E-state index contributed by atoms with van der Waals surface area (Å²) >= 11 is 0.